The van der Waals surface area contributed by atoms with Gasteiger partial charge in [0.05, 0.1) is 0 Å². The Bertz CT molecular complexity index is 482. The van der Waals surface area contributed by atoms with Crippen molar-refractivity contribution in [2.45, 2.75) is 32.8 Å². The third-order valence-corrected chi connectivity index (χ3v) is 2.72. The van der Waals surface area contributed by atoms with Gasteiger partial charge >= 0.3 is 5.97 Å². The van der Waals surface area contributed by atoms with Crippen LogP contribution < -0.4 is 0 Å². The van der Waals surface area contributed by atoms with Crippen LogP contribution in [0.1, 0.15) is 25.8 Å². The van der Waals surface area contributed by atoms with Gasteiger partial charge in [0.15, 0.2) is 0 Å². The lowest BCUT2D eigenvalue weighted by Gasteiger charge is -2.12. The van der Waals surface area contributed by atoms with E-state index in [2.05, 4.69) is 0 Å². The van der Waals surface area contributed by atoms with E-state index in [0.29, 0.717) is 12.8 Å². The lowest BCUT2D eigenvalue weighted by molar-refractivity contribution is -0.147. The molecule has 0 aliphatic rings. The first kappa shape index (κ1) is 16.9. The molecule has 2 aromatic rings. The third kappa shape index (κ3) is 7.88. The maximum Gasteiger partial charge on any atom is 0.305 e. The second-order valence-corrected chi connectivity index (χ2v) is 4.64. The van der Waals surface area contributed by atoms with Crippen molar-refractivity contribution in [3.05, 3.63) is 72.0 Å². The number of benzene rings is 2. The number of hydrogen-bond donors (Lipinski definition) is 0. The zero-order chi connectivity index (χ0) is 15.5. The summed E-state index contributed by atoms with van der Waals surface area (Å²) in [6.07, 6.45) is 0.836. The Labute approximate surface area is 125 Å². The molecule has 0 saturated carbocycles. The van der Waals surface area contributed by atoms with Gasteiger partial charge in [0.25, 0.3) is 0 Å². The molecule has 0 spiro atoms. The molecule has 112 valence electrons. The topological polar surface area (TPSA) is 26.3 Å². The SMILES string of the molecule is CCC(=O)OC(C)Cc1ccc(F)cc1.c1ccccc1. The Balaban J connectivity index is 0.000000304. The van der Waals surface area contributed by atoms with Gasteiger partial charge in [0, 0.05) is 12.8 Å². The number of carbonyl (C=O) groups excluding carboxylic acids is 1. The first-order valence-corrected chi connectivity index (χ1v) is 7.05. The Hall–Kier alpha value is -2.16. The van der Waals surface area contributed by atoms with Crippen molar-refractivity contribution in [3.8, 4) is 0 Å². The minimum Gasteiger partial charge on any atom is -0.462 e. The molecular formula is C18H21FO2. The molecule has 0 aliphatic carbocycles. The first-order chi connectivity index (χ1) is 10.1. The number of rotatable bonds is 4. The van der Waals surface area contributed by atoms with Crippen LogP contribution in [0.3, 0.4) is 0 Å². The van der Waals surface area contributed by atoms with E-state index in [9.17, 15) is 9.18 Å². The average Bonchev–Trinajstić information content (AvgIpc) is 2.52. The zero-order valence-corrected chi connectivity index (χ0v) is 12.5. The molecule has 1 atom stereocenters. The summed E-state index contributed by atoms with van der Waals surface area (Å²) in [6, 6.07) is 18.2. The molecule has 0 heterocycles. The van der Waals surface area contributed by atoms with Crippen LogP contribution in [0, 0.1) is 5.82 Å². The fraction of sp³-hybridized carbons (Fsp3) is 0.278. The van der Waals surface area contributed by atoms with Crippen LogP contribution in [-0.2, 0) is 16.0 Å². The highest BCUT2D eigenvalue weighted by molar-refractivity contribution is 5.69. The molecule has 0 saturated heterocycles. The van der Waals surface area contributed by atoms with Crippen molar-refractivity contribution >= 4 is 5.97 Å². The van der Waals surface area contributed by atoms with E-state index in [1.807, 2.05) is 43.3 Å². The zero-order valence-electron chi connectivity index (χ0n) is 12.5. The van der Waals surface area contributed by atoms with Crippen LogP contribution in [-0.4, -0.2) is 12.1 Å². The average molecular weight is 288 g/mol. The molecule has 21 heavy (non-hydrogen) atoms. The van der Waals surface area contributed by atoms with Crippen molar-refractivity contribution < 1.29 is 13.9 Å². The monoisotopic (exact) mass is 288 g/mol. The van der Waals surface area contributed by atoms with Gasteiger partial charge < -0.3 is 4.74 Å². The second kappa shape index (κ2) is 9.70. The molecule has 2 aromatic carbocycles. The number of hydrogen-bond acceptors (Lipinski definition) is 2. The van der Waals surface area contributed by atoms with Gasteiger partial charge in [0.2, 0.25) is 0 Å². The molecule has 2 nitrogen and oxygen atoms in total. The van der Waals surface area contributed by atoms with Crippen LogP contribution >= 0.6 is 0 Å². The van der Waals surface area contributed by atoms with Gasteiger partial charge in [-0.2, -0.15) is 0 Å². The summed E-state index contributed by atoms with van der Waals surface area (Å²) in [5.41, 5.74) is 0.966. The van der Waals surface area contributed by atoms with Crippen molar-refractivity contribution in [2.24, 2.45) is 0 Å². The first-order valence-electron chi connectivity index (χ1n) is 7.05. The third-order valence-electron chi connectivity index (χ3n) is 2.72. The molecule has 2 rings (SSSR count). The Morgan fingerprint density at radius 2 is 1.52 bits per heavy atom. The lowest BCUT2D eigenvalue weighted by Crippen LogP contribution is -2.16. The fourth-order valence-corrected chi connectivity index (χ4v) is 1.69. The van der Waals surface area contributed by atoms with Gasteiger partial charge in [-0.3, -0.25) is 4.79 Å². The van der Waals surface area contributed by atoms with Gasteiger partial charge in [0.1, 0.15) is 11.9 Å². The van der Waals surface area contributed by atoms with E-state index >= 15 is 0 Å². The summed E-state index contributed by atoms with van der Waals surface area (Å²) in [6.45, 7) is 3.59. The van der Waals surface area contributed by atoms with Crippen LogP contribution in [0.25, 0.3) is 0 Å². The minimum absolute atomic E-state index is 0.164. The standard InChI is InChI=1S/C12H15FO2.C6H6/c1-3-12(14)15-9(2)8-10-4-6-11(13)7-5-10;1-2-4-6-5-3-1/h4-7,9H,3,8H2,1-2H3;1-6H. The molecule has 0 bridgehead atoms. The Morgan fingerprint density at radius 1 is 1.05 bits per heavy atom. The van der Waals surface area contributed by atoms with Gasteiger partial charge in [-0.1, -0.05) is 55.5 Å². The summed E-state index contributed by atoms with van der Waals surface area (Å²) >= 11 is 0. The van der Waals surface area contributed by atoms with Crippen molar-refractivity contribution in [2.75, 3.05) is 0 Å². The predicted octanol–water partition coefficient (Wildman–Crippen LogP) is 4.40. The van der Waals surface area contributed by atoms with Crippen LogP contribution in [0.15, 0.2) is 60.7 Å². The van der Waals surface area contributed by atoms with Crippen LogP contribution in [0.5, 0.6) is 0 Å². The van der Waals surface area contributed by atoms with E-state index in [-0.39, 0.29) is 17.9 Å². The molecular weight excluding hydrogens is 267 g/mol. The smallest absolute Gasteiger partial charge is 0.305 e. The van der Waals surface area contributed by atoms with Gasteiger partial charge in [-0.25, -0.2) is 4.39 Å². The van der Waals surface area contributed by atoms with Crippen molar-refractivity contribution in [1.29, 1.82) is 0 Å². The second-order valence-electron chi connectivity index (χ2n) is 4.64. The number of esters is 1. The lowest BCUT2D eigenvalue weighted by atomic mass is 10.1. The van der Waals surface area contributed by atoms with Crippen LogP contribution in [0.2, 0.25) is 0 Å². The molecule has 0 aromatic heterocycles. The highest BCUT2D eigenvalue weighted by Crippen LogP contribution is 2.08. The van der Waals surface area contributed by atoms with E-state index in [1.165, 1.54) is 12.1 Å². The highest BCUT2D eigenvalue weighted by Gasteiger charge is 2.08. The molecule has 0 radical (unpaired) electrons. The minimum atomic E-state index is -0.253. The summed E-state index contributed by atoms with van der Waals surface area (Å²) in [7, 11) is 0. The van der Waals surface area contributed by atoms with Crippen molar-refractivity contribution in [3.63, 3.8) is 0 Å². The van der Waals surface area contributed by atoms with E-state index in [0.717, 1.165) is 5.56 Å². The maximum atomic E-state index is 12.6. The maximum absolute atomic E-state index is 12.6. The molecule has 3 heteroatoms. The van der Waals surface area contributed by atoms with Gasteiger partial charge in [-0.05, 0) is 24.6 Å². The Morgan fingerprint density at radius 3 is 1.95 bits per heavy atom. The van der Waals surface area contributed by atoms with Gasteiger partial charge in [-0.15, -0.1) is 0 Å². The number of halogens is 1. The molecule has 0 aliphatic heterocycles. The van der Waals surface area contributed by atoms with E-state index in [1.54, 1.807) is 19.1 Å². The quantitative estimate of drug-likeness (QED) is 0.780. The van der Waals surface area contributed by atoms with Crippen molar-refractivity contribution in [1.82, 2.24) is 0 Å². The largest absolute Gasteiger partial charge is 0.462 e. The fourth-order valence-electron chi connectivity index (χ4n) is 1.69. The molecule has 0 N–H and O–H groups in total. The Kier molecular flexibility index (Phi) is 7.80. The number of carbonyl (C=O) groups is 1. The molecule has 0 fully saturated rings. The number of ether oxygens (including phenoxy) is 1. The van der Waals surface area contributed by atoms with E-state index in [4.69, 9.17) is 4.74 Å². The van der Waals surface area contributed by atoms with E-state index < -0.39 is 0 Å². The summed E-state index contributed by atoms with van der Waals surface area (Å²) in [4.78, 5) is 11.0. The predicted molar refractivity (Wildman–Crippen MR) is 82.4 cm³/mol. The summed E-state index contributed by atoms with van der Waals surface area (Å²) in [5.74, 6) is -0.457. The summed E-state index contributed by atoms with van der Waals surface area (Å²) in [5, 5.41) is 0. The molecule has 0 amide bonds. The van der Waals surface area contributed by atoms with Crippen LogP contribution in [0.4, 0.5) is 4.39 Å². The highest BCUT2D eigenvalue weighted by atomic mass is 19.1. The summed E-state index contributed by atoms with van der Waals surface area (Å²) < 4.78 is 17.7. The normalized spacial score (nSPS) is 11.0. The molecule has 1 unspecified atom stereocenters.